The van der Waals surface area contributed by atoms with Crippen molar-refractivity contribution in [2.45, 2.75) is 92.3 Å². The summed E-state index contributed by atoms with van der Waals surface area (Å²) in [7, 11) is 0. The lowest BCUT2D eigenvalue weighted by Gasteiger charge is -2.35. The number of aromatic nitrogens is 1. The van der Waals surface area contributed by atoms with Gasteiger partial charge >= 0.3 is 0 Å². The lowest BCUT2D eigenvalue weighted by atomic mass is 9.73. The van der Waals surface area contributed by atoms with Gasteiger partial charge in [-0.1, -0.05) is 51.5 Å². The molecule has 0 aromatic carbocycles. The number of thiazole rings is 1. The van der Waals surface area contributed by atoms with Crippen molar-refractivity contribution >= 4 is 23.2 Å². The van der Waals surface area contributed by atoms with Crippen molar-refractivity contribution < 1.29 is 24.9 Å². The Morgan fingerprint density at radius 3 is 2.53 bits per heavy atom. The Morgan fingerprint density at radius 2 is 1.91 bits per heavy atom. The molecule has 0 saturated heterocycles. The molecule has 1 aromatic rings. The van der Waals surface area contributed by atoms with Gasteiger partial charge in [-0.25, -0.2) is 4.98 Å². The molecule has 0 fully saturated rings. The van der Waals surface area contributed by atoms with Gasteiger partial charge in [-0.3, -0.25) is 4.79 Å². The molecule has 1 aliphatic heterocycles. The quantitative estimate of drug-likeness (QED) is 0.512. The number of hydrogen-bond acceptors (Lipinski definition) is 7. The number of aliphatic hydroxyl groups is 3. The topological polar surface area (TPSA) is 99.9 Å². The summed E-state index contributed by atoms with van der Waals surface area (Å²) in [6.45, 7) is 12.8. The average Bonchev–Trinajstić information content (AvgIpc) is 3.18. The van der Waals surface area contributed by atoms with Gasteiger partial charge in [0.1, 0.15) is 5.78 Å². The maximum Gasteiger partial charge on any atom is 0.157 e. The van der Waals surface area contributed by atoms with Crippen LogP contribution in [0.2, 0.25) is 0 Å². The van der Waals surface area contributed by atoms with E-state index in [1.165, 1.54) is 0 Å². The molecule has 1 aromatic heterocycles. The zero-order valence-electron chi connectivity index (χ0n) is 21.5. The van der Waals surface area contributed by atoms with Gasteiger partial charge in [0, 0.05) is 29.1 Å². The molecule has 7 heteroatoms. The zero-order valence-corrected chi connectivity index (χ0v) is 22.3. The minimum absolute atomic E-state index is 0.112. The molecule has 1 aliphatic rings. The van der Waals surface area contributed by atoms with E-state index >= 15 is 0 Å². The standard InChI is InChI=1S/C27H41NO5S/c1-16-9-8-10-17(2)25(31)19(4)26(32)27(6,7)23(29)14-24(30)33-22(12-11-16)18(3)13-21-15-34-20(5)28-21/h8,10-11,13,15,17,19,22-25,29-31H,9,12,14H2,1-7H3/b10-8+,16-11-,18-13+/t17-,19+,22-,23?,24+,25-/m0/s1. The first-order chi connectivity index (χ1) is 15.8. The van der Waals surface area contributed by atoms with Gasteiger partial charge in [0.2, 0.25) is 0 Å². The number of ether oxygens (including phenoxy) is 1. The summed E-state index contributed by atoms with van der Waals surface area (Å²) in [5, 5.41) is 35.3. The van der Waals surface area contributed by atoms with Gasteiger partial charge in [-0.15, -0.1) is 11.3 Å². The first kappa shape index (κ1) is 28.6. The highest BCUT2D eigenvalue weighted by atomic mass is 32.1. The highest BCUT2D eigenvalue weighted by Gasteiger charge is 2.42. The van der Waals surface area contributed by atoms with Crippen LogP contribution in [0.25, 0.3) is 6.08 Å². The molecule has 34 heavy (non-hydrogen) atoms. The third-order valence-electron chi connectivity index (χ3n) is 6.76. The van der Waals surface area contributed by atoms with Gasteiger partial charge in [-0.2, -0.15) is 0 Å². The summed E-state index contributed by atoms with van der Waals surface area (Å²) in [6, 6.07) is 0. The van der Waals surface area contributed by atoms with Crippen molar-refractivity contribution in [1.82, 2.24) is 4.98 Å². The van der Waals surface area contributed by atoms with Gasteiger partial charge < -0.3 is 20.1 Å². The third kappa shape index (κ3) is 7.68. The smallest absolute Gasteiger partial charge is 0.157 e. The number of carbonyl (C=O) groups is 1. The van der Waals surface area contributed by atoms with E-state index in [0.29, 0.717) is 12.8 Å². The first-order valence-electron chi connectivity index (χ1n) is 12.0. The maximum atomic E-state index is 13.2. The summed E-state index contributed by atoms with van der Waals surface area (Å²) in [5.74, 6) is -1.11. The minimum atomic E-state index is -1.26. The summed E-state index contributed by atoms with van der Waals surface area (Å²) in [5.41, 5.74) is 1.75. The van der Waals surface area contributed by atoms with E-state index in [9.17, 15) is 20.1 Å². The SMILES string of the molecule is C/C1=C/C[C@@H](/C(C)=C/c2csc(C)n2)O[C@@H](O)CC(O)C(C)(C)C(=O)[C@H](C)[C@@H](O)[C@@H](C)/C=C/C1. The highest BCUT2D eigenvalue weighted by Crippen LogP contribution is 2.32. The second-order valence-electron chi connectivity index (χ2n) is 10.2. The molecule has 0 saturated carbocycles. The van der Waals surface area contributed by atoms with Gasteiger partial charge in [-0.05, 0) is 45.3 Å². The molecular formula is C27H41NO5S. The maximum absolute atomic E-state index is 13.2. The molecule has 0 radical (unpaired) electrons. The van der Waals surface area contributed by atoms with Crippen LogP contribution in [0.15, 0.2) is 34.8 Å². The molecule has 3 N–H and O–H groups in total. The van der Waals surface area contributed by atoms with Gasteiger partial charge in [0.05, 0.1) is 29.0 Å². The molecule has 0 bridgehead atoms. The Morgan fingerprint density at radius 1 is 1.24 bits per heavy atom. The van der Waals surface area contributed by atoms with E-state index in [4.69, 9.17) is 4.74 Å². The predicted octanol–water partition coefficient (Wildman–Crippen LogP) is 4.83. The van der Waals surface area contributed by atoms with E-state index in [0.717, 1.165) is 21.8 Å². The van der Waals surface area contributed by atoms with Crippen LogP contribution < -0.4 is 0 Å². The van der Waals surface area contributed by atoms with Crippen molar-refractivity contribution in [2.24, 2.45) is 17.3 Å². The Balaban J connectivity index is 2.36. The van der Waals surface area contributed by atoms with Crippen molar-refractivity contribution in [2.75, 3.05) is 0 Å². The van der Waals surface area contributed by atoms with Crippen LogP contribution in [0, 0.1) is 24.2 Å². The van der Waals surface area contributed by atoms with E-state index in [1.54, 1.807) is 32.1 Å². The van der Waals surface area contributed by atoms with Gasteiger partial charge in [0.15, 0.2) is 6.29 Å². The number of hydrogen-bond donors (Lipinski definition) is 3. The van der Waals surface area contributed by atoms with Gasteiger partial charge in [0.25, 0.3) is 0 Å². The zero-order chi connectivity index (χ0) is 25.6. The average molecular weight is 492 g/mol. The lowest BCUT2D eigenvalue weighted by Crippen LogP contribution is -2.46. The number of ketones is 1. The fourth-order valence-corrected chi connectivity index (χ4v) is 4.76. The largest absolute Gasteiger partial charge is 0.392 e. The third-order valence-corrected chi connectivity index (χ3v) is 7.55. The fourth-order valence-electron chi connectivity index (χ4n) is 4.19. The van der Waals surface area contributed by atoms with Crippen LogP contribution in [-0.2, 0) is 9.53 Å². The fraction of sp³-hybridized carbons (Fsp3) is 0.630. The van der Waals surface area contributed by atoms with Crippen molar-refractivity contribution in [3.63, 3.8) is 0 Å². The normalized spacial score (nSPS) is 34.9. The summed E-state index contributed by atoms with van der Waals surface area (Å²) in [4.78, 5) is 17.7. The Kier molecular flexibility index (Phi) is 10.4. The minimum Gasteiger partial charge on any atom is -0.392 e. The second kappa shape index (κ2) is 12.4. The van der Waals surface area contributed by atoms with Crippen LogP contribution in [0.4, 0.5) is 0 Å². The molecule has 1 unspecified atom stereocenters. The first-order valence-corrected chi connectivity index (χ1v) is 12.9. The number of nitrogens with zero attached hydrogens (tertiary/aromatic N) is 1. The Hall–Kier alpha value is -1.64. The lowest BCUT2D eigenvalue weighted by molar-refractivity contribution is -0.160. The monoisotopic (exact) mass is 491 g/mol. The Labute approximate surface area is 208 Å². The molecule has 190 valence electrons. The summed E-state index contributed by atoms with van der Waals surface area (Å²) in [6.07, 6.45) is 5.49. The molecule has 2 rings (SSSR count). The number of Topliss-reactive ketones (excluding diaryl/α,β-unsaturated/α-hetero) is 1. The molecular weight excluding hydrogens is 450 g/mol. The van der Waals surface area contributed by atoms with Crippen molar-refractivity contribution in [1.29, 1.82) is 0 Å². The molecule has 6 nitrogen and oxygen atoms in total. The van der Waals surface area contributed by atoms with Crippen LogP contribution in [-0.4, -0.2) is 50.7 Å². The number of aryl methyl sites for hydroxylation is 1. The van der Waals surface area contributed by atoms with Crippen molar-refractivity contribution in [3.8, 4) is 0 Å². The van der Waals surface area contributed by atoms with E-state index in [2.05, 4.69) is 11.1 Å². The number of rotatable bonds is 2. The van der Waals surface area contributed by atoms with E-state index in [-0.39, 0.29) is 18.1 Å². The number of carbonyl (C=O) groups excluding carboxylic acids is 1. The summed E-state index contributed by atoms with van der Waals surface area (Å²) < 4.78 is 5.98. The molecule has 2 heterocycles. The van der Waals surface area contributed by atoms with E-state index in [1.807, 2.05) is 51.3 Å². The second-order valence-corrected chi connectivity index (χ2v) is 11.2. The predicted molar refractivity (Wildman–Crippen MR) is 137 cm³/mol. The van der Waals surface area contributed by atoms with E-state index < -0.39 is 35.9 Å². The van der Waals surface area contributed by atoms with Crippen LogP contribution in [0.3, 0.4) is 0 Å². The molecule has 0 aliphatic carbocycles. The number of aliphatic hydroxyl groups excluding tert-OH is 3. The molecule has 6 atom stereocenters. The van der Waals surface area contributed by atoms with Crippen LogP contribution in [0.1, 0.15) is 71.5 Å². The molecule has 0 amide bonds. The number of allylic oxidation sites excluding steroid dienone is 2. The molecule has 0 spiro atoms. The van der Waals surface area contributed by atoms with Crippen LogP contribution >= 0.6 is 11.3 Å². The highest BCUT2D eigenvalue weighted by molar-refractivity contribution is 7.09. The summed E-state index contributed by atoms with van der Waals surface area (Å²) >= 11 is 1.57. The Bertz CT molecular complexity index is 916. The van der Waals surface area contributed by atoms with Crippen molar-refractivity contribution in [3.05, 3.63) is 45.5 Å². The van der Waals surface area contributed by atoms with Crippen LogP contribution in [0.5, 0.6) is 0 Å².